The summed E-state index contributed by atoms with van der Waals surface area (Å²) in [7, 11) is 0. The summed E-state index contributed by atoms with van der Waals surface area (Å²) in [6.45, 7) is 7.77. The number of carbonyl (C=O) groups excluding carboxylic acids is 2. The zero-order valence-corrected chi connectivity index (χ0v) is 17.0. The van der Waals surface area contributed by atoms with Crippen molar-refractivity contribution in [3.63, 3.8) is 0 Å². The molecular formula is C24H24FNO4. The number of likely N-dealkylation sites (tertiary alicyclic amines) is 1. The third-order valence-electron chi connectivity index (χ3n) is 4.98. The van der Waals surface area contributed by atoms with Gasteiger partial charge >= 0.3 is 0 Å². The topological polar surface area (TPSA) is 66.8 Å². The van der Waals surface area contributed by atoms with E-state index in [4.69, 9.17) is 4.74 Å². The Hall–Kier alpha value is -3.41. The van der Waals surface area contributed by atoms with Crippen LogP contribution in [0.4, 0.5) is 4.39 Å². The number of aliphatic hydroxyl groups excluding tert-OH is 1. The number of nitrogens with zero attached hydrogens (tertiary/aromatic N) is 1. The van der Waals surface area contributed by atoms with Gasteiger partial charge in [0.1, 0.15) is 23.9 Å². The quantitative estimate of drug-likeness (QED) is 0.316. The number of aryl methyl sites for hydroxylation is 1. The maximum absolute atomic E-state index is 13.7. The zero-order chi connectivity index (χ0) is 21.8. The Morgan fingerprint density at radius 2 is 2.03 bits per heavy atom. The molecule has 1 amide bonds. The van der Waals surface area contributed by atoms with Gasteiger partial charge in [0.2, 0.25) is 0 Å². The molecule has 1 atom stereocenters. The molecule has 30 heavy (non-hydrogen) atoms. The first-order valence-corrected chi connectivity index (χ1v) is 9.77. The summed E-state index contributed by atoms with van der Waals surface area (Å²) in [6.07, 6.45) is 2.26. The molecule has 0 aromatic heterocycles. The third kappa shape index (κ3) is 3.99. The molecule has 3 rings (SSSR count). The largest absolute Gasteiger partial charge is 0.507 e. The molecule has 5 nitrogen and oxygen atoms in total. The Kier molecular flexibility index (Phi) is 6.35. The Labute approximate surface area is 175 Å². The molecule has 0 bridgehead atoms. The SMILES string of the molecule is C=CCOc1cccc(C2/C(=C(/O)c3ccc(F)c(C)c3)C(=O)C(=O)N2CCC)c1. The molecule has 0 spiro atoms. The van der Waals surface area contributed by atoms with Gasteiger partial charge in [-0.3, -0.25) is 9.59 Å². The normalized spacial score (nSPS) is 18.0. The molecular weight excluding hydrogens is 385 g/mol. The van der Waals surface area contributed by atoms with E-state index in [1.165, 1.54) is 23.1 Å². The minimum Gasteiger partial charge on any atom is -0.507 e. The number of amides is 1. The second-order valence-electron chi connectivity index (χ2n) is 7.13. The van der Waals surface area contributed by atoms with E-state index in [1.807, 2.05) is 6.92 Å². The van der Waals surface area contributed by atoms with E-state index in [-0.39, 0.29) is 16.9 Å². The summed E-state index contributed by atoms with van der Waals surface area (Å²) in [4.78, 5) is 27.1. The van der Waals surface area contributed by atoms with Crippen LogP contribution in [0.15, 0.2) is 60.7 Å². The van der Waals surface area contributed by atoms with Crippen LogP contribution in [-0.2, 0) is 9.59 Å². The lowest BCUT2D eigenvalue weighted by atomic mass is 9.94. The highest BCUT2D eigenvalue weighted by Crippen LogP contribution is 2.40. The van der Waals surface area contributed by atoms with Gasteiger partial charge in [-0.05, 0) is 54.8 Å². The number of rotatable bonds is 7. The van der Waals surface area contributed by atoms with Crippen molar-refractivity contribution in [2.24, 2.45) is 0 Å². The first-order chi connectivity index (χ1) is 14.4. The van der Waals surface area contributed by atoms with Gasteiger partial charge < -0.3 is 14.7 Å². The minimum atomic E-state index is -0.761. The van der Waals surface area contributed by atoms with Gasteiger partial charge in [0.15, 0.2) is 0 Å². The van der Waals surface area contributed by atoms with E-state index >= 15 is 0 Å². The Morgan fingerprint density at radius 1 is 1.27 bits per heavy atom. The number of halogens is 1. The number of hydrogen-bond donors (Lipinski definition) is 1. The Morgan fingerprint density at radius 3 is 2.70 bits per heavy atom. The fraction of sp³-hybridized carbons (Fsp3) is 0.250. The smallest absolute Gasteiger partial charge is 0.295 e. The van der Waals surface area contributed by atoms with Crippen molar-refractivity contribution >= 4 is 17.4 Å². The first kappa shape index (κ1) is 21.3. The van der Waals surface area contributed by atoms with Crippen LogP contribution in [0.25, 0.3) is 5.76 Å². The average Bonchev–Trinajstić information content (AvgIpc) is 2.99. The van der Waals surface area contributed by atoms with Gasteiger partial charge in [-0.15, -0.1) is 0 Å². The monoisotopic (exact) mass is 409 g/mol. The highest BCUT2D eigenvalue weighted by molar-refractivity contribution is 6.46. The molecule has 2 aromatic carbocycles. The summed E-state index contributed by atoms with van der Waals surface area (Å²) in [5, 5.41) is 11.0. The molecule has 1 heterocycles. The lowest BCUT2D eigenvalue weighted by molar-refractivity contribution is -0.139. The number of aliphatic hydroxyl groups is 1. The number of hydrogen-bond acceptors (Lipinski definition) is 4. The van der Waals surface area contributed by atoms with Crippen molar-refractivity contribution in [3.8, 4) is 5.75 Å². The van der Waals surface area contributed by atoms with E-state index in [9.17, 15) is 19.1 Å². The van der Waals surface area contributed by atoms with Crippen molar-refractivity contribution in [2.45, 2.75) is 26.3 Å². The van der Waals surface area contributed by atoms with Crippen LogP contribution in [0.1, 0.15) is 36.1 Å². The van der Waals surface area contributed by atoms with Crippen LogP contribution < -0.4 is 4.74 Å². The molecule has 2 aromatic rings. The molecule has 0 aliphatic carbocycles. The van der Waals surface area contributed by atoms with Crippen LogP contribution in [0.3, 0.4) is 0 Å². The molecule has 1 unspecified atom stereocenters. The van der Waals surface area contributed by atoms with Crippen LogP contribution in [0.2, 0.25) is 0 Å². The van der Waals surface area contributed by atoms with E-state index < -0.39 is 23.5 Å². The zero-order valence-electron chi connectivity index (χ0n) is 17.0. The number of benzene rings is 2. The lowest BCUT2D eigenvalue weighted by Gasteiger charge is -2.25. The second-order valence-corrected chi connectivity index (χ2v) is 7.13. The van der Waals surface area contributed by atoms with Crippen molar-refractivity contribution in [1.82, 2.24) is 4.90 Å². The Balaban J connectivity index is 2.16. The van der Waals surface area contributed by atoms with Gasteiger partial charge in [0, 0.05) is 12.1 Å². The second kappa shape index (κ2) is 8.95. The van der Waals surface area contributed by atoms with E-state index in [2.05, 4.69) is 6.58 Å². The number of carbonyl (C=O) groups is 2. The molecule has 1 fully saturated rings. The highest BCUT2D eigenvalue weighted by atomic mass is 19.1. The van der Waals surface area contributed by atoms with Crippen LogP contribution in [0, 0.1) is 12.7 Å². The summed E-state index contributed by atoms with van der Waals surface area (Å²) in [5.41, 5.74) is 1.25. The van der Waals surface area contributed by atoms with Crippen molar-refractivity contribution in [2.75, 3.05) is 13.2 Å². The van der Waals surface area contributed by atoms with Crippen molar-refractivity contribution < 1.29 is 23.8 Å². The predicted molar refractivity (Wildman–Crippen MR) is 113 cm³/mol. The maximum atomic E-state index is 13.7. The Bertz CT molecular complexity index is 1030. The van der Waals surface area contributed by atoms with Gasteiger partial charge in [-0.2, -0.15) is 0 Å². The fourth-order valence-corrected chi connectivity index (χ4v) is 3.58. The molecule has 6 heteroatoms. The predicted octanol–water partition coefficient (Wildman–Crippen LogP) is 4.53. The standard InChI is InChI=1S/C24H24FNO4/c1-4-11-26-21(16-7-6-8-18(14-16)30-12-5-2)20(23(28)24(26)29)22(27)17-9-10-19(25)15(3)13-17/h5-10,13-14,21,27H,2,4,11-12H2,1,3H3/b22-20-. The molecule has 1 aliphatic heterocycles. The van der Waals surface area contributed by atoms with E-state index in [0.717, 1.165) is 0 Å². The van der Waals surface area contributed by atoms with E-state index in [1.54, 1.807) is 37.3 Å². The lowest BCUT2D eigenvalue weighted by Crippen LogP contribution is -2.30. The molecule has 0 saturated carbocycles. The van der Waals surface area contributed by atoms with Crippen molar-refractivity contribution in [1.29, 1.82) is 0 Å². The number of Topliss-reactive ketones (excluding diaryl/α,β-unsaturated/α-hetero) is 1. The van der Waals surface area contributed by atoms with Gasteiger partial charge in [-0.25, -0.2) is 4.39 Å². The van der Waals surface area contributed by atoms with Gasteiger partial charge in [-0.1, -0.05) is 31.7 Å². The maximum Gasteiger partial charge on any atom is 0.295 e. The molecule has 0 radical (unpaired) electrons. The van der Waals surface area contributed by atoms with E-state index in [0.29, 0.717) is 36.4 Å². The average molecular weight is 409 g/mol. The fourth-order valence-electron chi connectivity index (χ4n) is 3.58. The van der Waals surface area contributed by atoms with Crippen LogP contribution >= 0.6 is 0 Å². The molecule has 1 aliphatic rings. The van der Waals surface area contributed by atoms with Crippen molar-refractivity contribution in [3.05, 3.63) is 83.2 Å². The summed E-state index contributed by atoms with van der Waals surface area (Å²) < 4.78 is 19.3. The molecule has 1 saturated heterocycles. The molecule has 1 N–H and O–H groups in total. The highest BCUT2D eigenvalue weighted by Gasteiger charge is 2.45. The summed E-state index contributed by atoms with van der Waals surface area (Å²) in [5.74, 6) is -1.60. The molecule has 156 valence electrons. The first-order valence-electron chi connectivity index (χ1n) is 9.77. The summed E-state index contributed by atoms with van der Waals surface area (Å²) >= 11 is 0. The van der Waals surface area contributed by atoms with Crippen LogP contribution in [0.5, 0.6) is 5.75 Å². The van der Waals surface area contributed by atoms with Crippen LogP contribution in [-0.4, -0.2) is 34.8 Å². The third-order valence-corrected chi connectivity index (χ3v) is 4.98. The van der Waals surface area contributed by atoms with Gasteiger partial charge in [0.05, 0.1) is 11.6 Å². The number of ketones is 1. The minimum absolute atomic E-state index is 0.0136. The number of ether oxygens (including phenoxy) is 1. The van der Waals surface area contributed by atoms with Gasteiger partial charge in [0.25, 0.3) is 11.7 Å². The summed E-state index contributed by atoms with van der Waals surface area (Å²) in [6, 6.07) is 10.4.